The van der Waals surface area contributed by atoms with Crippen molar-refractivity contribution < 1.29 is 14.3 Å². The third kappa shape index (κ3) is 1.97. The van der Waals surface area contributed by atoms with E-state index in [1.807, 2.05) is 31.2 Å². The standard InChI is InChI=1S/C14H15NO3/c1-9-8-15-13(12(9)14(16)18-3)10-6-4-5-7-11(10)17-2/h4-8,15H,1-3H3. The Labute approximate surface area is 106 Å². The molecule has 4 heteroatoms. The SMILES string of the molecule is COC(=O)c1c(C)c[nH]c1-c1ccccc1OC. The molecule has 1 heterocycles. The van der Waals surface area contributed by atoms with Crippen molar-refractivity contribution in [2.45, 2.75) is 6.92 Å². The van der Waals surface area contributed by atoms with Gasteiger partial charge in [-0.15, -0.1) is 0 Å². The lowest BCUT2D eigenvalue weighted by Gasteiger charge is -2.08. The molecule has 4 nitrogen and oxygen atoms in total. The Hall–Kier alpha value is -2.23. The van der Waals surface area contributed by atoms with E-state index in [1.54, 1.807) is 13.3 Å². The minimum absolute atomic E-state index is 0.352. The zero-order valence-electron chi connectivity index (χ0n) is 10.6. The third-order valence-electron chi connectivity index (χ3n) is 2.84. The van der Waals surface area contributed by atoms with Gasteiger partial charge in [0.05, 0.1) is 25.5 Å². The fourth-order valence-corrected chi connectivity index (χ4v) is 1.95. The summed E-state index contributed by atoms with van der Waals surface area (Å²) >= 11 is 0. The molecule has 0 bridgehead atoms. The molecule has 0 saturated heterocycles. The maximum absolute atomic E-state index is 11.8. The monoisotopic (exact) mass is 245 g/mol. The number of aromatic amines is 1. The number of carbonyl (C=O) groups is 1. The predicted molar refractivity (Wildman–Crippen MR) is 68.9 cm³/mol. The second-order valence-corrected chi connectivity index (χ2v) is 3.91. The van der Waals surface area contributed by atoms with Crippen molar-refractivity contribution in [2.75, 3.05) is 14.2 Å². The Morgan fingerprint density at radius 3 is 2.61 bits per heavy atom. The van der Waals surface area contributed by atoms with Gasteiger partial charge in [-0.2, -0.15) is 0 Å². The average molecular weight is 245 g/mol. The zero-order valence-corrected chi connectivity index (χ0v) is 10.6. The number of aryl methyl sites for hydroxylation is 1. The van der Waals surface area contributed by atoms with E-state index in [0.717, 1.165) is 16.8 Å². The summed E-state index contributed by atoms with van der Waals surface area (Å²) in [5.41, 5.74) is 2.95. The molecule has 0 aliphatic rings. The van der Waals surface area contributed by atoms with Crippen LogP contribution in [0.4, 0.5) is 0 Å². The van der Waals surface area contributed by atoms with Gasteiger partial charge in [0.2, 0.25) is 0 Å². The van der Waals surface area contributed by atoms with Gasteiger partial charge in [-0.05, 0) is 24.6 Å². The van der Waals surface area contributed by atoms with Gasteiger partial charge in [-0.3, -0.25) is 0 Å². The van der Waals surface area contributed by atoms with Gasteiger partial charge in [-0.1, -0.05) is 12.1 Å². The van der Waals surface area contributed by atoms with Crippen molar-refractivity contribution in [3.63, 3.8) is 0 Å². The molecule has 0 saturated carbocycles. The topological polar surface area (TPSA) is 51.3 Å². The van der Waals surface area contributed by atoms with Crippen LogP contribution in [-0.4, -0.2) is 25.2 Å². The van der Waals surface area contributed by atoms with Crippen molar-refractivity contribution in [1.29, 1.82) is 0 Å². The molecule has 1 aromatic carbocycles. The predicted octanol–water partition coefficient (Wildman–Crippen LogP) is 2.79. The summed E-state index contributed by atoms with van der Waals surface area (Å²) in [5, 5.41) is 0. The quantitative estimate of drug-likeness (QED) is 0.846. The first-order valence-electron chi connectivity index (χ1n) is 5.58. The summed E-state index contributed by atoms with van der Waals surface area (Å²) in [6.07, 6.45) is 1.79. The molecular weight excluding hydrogens is 230 g/mol. The van der Waals surface area contributed by atoms with Crippen LogP contribution in [0.2, 0.25) is 0 Å². The maximum atomic E-state index is 11.8. The van der Waals surface area contributed by atoms with Crippen LogP contribution in [0.1, 0.15) is 15.9 Å². The van der Waals surface area contributed by atoms with E-state index < -0.39 is 0 Å². The van der Waals surface area contributed by atoms with Crippen LogP contribution in [0.25, 0.3) is 11.3 Å². The molecule has 94 valence electrons. The Bertz CT molecular complexity index is 572. The van der Waals surface area contributed by atoms with Gasteiger partial charge in [0.1, 0.15) is 5.75 Å². The third-order valence-corrected chi connectivity index (χ3v) is 2.84. The number of para-hydroxylation sites is 1. The molecule has 0 unspecified atom stereocenters. The average Bonchev–Trinajstić information content (AvgIpc) is 2.79. The van der Waals surface area contributed by atoms with E-state index in [0.29, 0.717) is 11.3 Å². The van der Waals surface area contributed by atoms with E-state index in [1.165, 1.54) is 7.11 Å². The Morgan fingerprint density at radius 1 is 1.22 bits per heavy atom. The van der Waals surface area contributed by atoms with E-state index >= 15 is 0 Å². The van der Waals surface area contributed by atoms with Gasteiger partial charge in [-0.25, -0.2) is 4.79 Å². The van der Waals surface area contributed by atoms with Gasteiger partial charge < -0.3 is 14.5 Å². The molecule has 0 aliphatic carbocycles. The normalized spacial score (nSPS) is 10.2. The van der Waals surface area contributed by atoms with Gasteiger partial charge in [0, 0.05) is 11.8 Å². The number of aromatic nitrogens is 1. The molecule has 0 spiro atoms. The van der Waals surface area contributed by atoms with Crippen molar-refractivity contribution >= 4 is 5.97 Å². The number of carbonyl (C=O) groups excluding carboxylic acids is 1. The molecule has 0 aliphatic heterocycles. The Balaban J connectivity index is 2.61. The highest BCUT2D eigenvalue weighted by Gasteiger charge is 2.20. The van der Waals surface area contributed by atoms with Crippen molar-refractivity contribution in [3.8, 4) is 17.0 Å². The number of nitrogens with one attached hydrogen (secondary N) is 1. The molecule has 0 radical (unpaired) electrons. The Morgan fingerprint density at radius 2 is 1.94 bits per heavy atom. The summed E-state index contributed by atoms with van der Waals surface area (Å²) in [6.45, 7) is 1.86. The van der Waals surface area contributed by atoms with E-state index in [4.69, 9.17) is 9.47 Å². The molecule has 0 amide bonds. The molecule has 2 rings (SSSR count). The van der Waals surface area contributed by atoms with Crippen LogP contribution < -0.4 is 4.74 Å². The van der Waals surface area contributed by atoms with Crippen LogP contribution in [0.15, 0.2) is 30.5 Å². The van der Waals surface area contributed by atoms with Crippen LogP contribution in [0.3, 0.4) is 0 Å². The lowest BCUT2D eigenvalue weighted by Crippen LogP contribution is -2.04. The van der Waals surface area contributed by atoms with Crippen LogP contribution >= 0.6 is 0 Å². The molecule has 1 N–H and O–H groups in total. The van der Waals surface area contributed by atoms with Crippen LogP contribution in [-0.2, 0) is 4.74 Å². The molecule has 2 aromatic rings. The van der Waals surface area contributed by atoms with Crippen LogP contribution in [0.5, 0.6) is 5.75 Å². The van der Waals surface area contributed by atoms with Crippen molar-refractivity contribution in [2.24, 2.45) is 0 Å². The maximum Gasteiger partial charge on any atom is 0.340 e. The number of esters is 1. The Kier molecular flexibility index (Phi) is 3.37. The summed E-state index contributed by atoms with van der Waals surface area (Å²) in [6, 6.07) is 7.54. The fourth-order valence-electron chi connectivity index (χ4n) is 1.95. The van der Waals surface area contributed by atoms with E-state index in [9.17, 15) is 4.79 Å². The van der Waals surface area contributed by atoms with Crippen molar-refractivity contribution in [1.82, 2.24) is 4.98 Å². The molecule has 0 fully saturated rings. The summed E-state index contributed by atoms with van der Waals surface area (Å²) < 4.78 is 10.1. The number of methoxy groups -OCH3 is 2. The minimum Gasteiger partial charge on any atom is -0.496 e. The summed E-state index contributed by atoms with van der Waals surface area (Å²) in [7, 11) is 2.98. The van der Waals surface area contributed by atoms with Crippen molar-refractivity contribution in [3.05, 3.63) is 41.6 Å². The number of hydrogen-bond donors (Lipinski definition) is 1. The second-order valence-electron chi connectivity index (χ2n) is 3.91. The first-order valence-corrected chi connectivity index (χ1v) is 5.58. The molecule has 0 atom stereocenters. The summed E-state index contributed by atoms with van der Waals surface area (Å²) in [5.74, 6) is 0.360. The lowest BCUT2D eigenvalue weighted by molar-refractivity contribution is 0.0601. The first-order chi connectivity index (χ1) is 8.69. The number of rotatable bonds is 3. The zero-order chi connectivity index (χ0) is 13.1. The highest BCUT2D eigenvalue weighted by Crippen LogP contribution is 2.32. The largest absolute Gasteiger partial charge is 0.496 e. The van der Waals surface area contributed by atoms with Gasteiger partial charge in [0.15, 0.2) is 0 Å². The smallest absolute Gasteiger partial charge is 0.340 e. The number of hydrogen-bond acceptors (Lipinski definition) is 3. The minimum atomic E-state index is -0.352. The van der Waals surface area contributed by atoms with Crippen LogP contribution in [0, 0.1) is 6.92 Å². The van der Waals surface area contributed by atoms with E-state index in [2.05, 4.69) is 4.98 Å². The summed E-state index contributed by atoms with van der Waals surface area (Å²) in [4.78, 5) is 14.9. The number of ether oxygens (including phenoxy) is 2. The number of H-pyrrole nitrogens is 1. The second kappa shape index (κ2) is 4.96. The van der Waals surface area contributed by atoms with Gasteiger partial charge in [0.25, 0.3) is 0 Å². The molecule has 1 aromatic heterocycles. The number of benzene rings is 1. The first kappa shape index (κ1) is 12.2. The molecular formula is C14H15NO3. The van der Waals surface area contributed by atoms with Gasteiger partial charge >= 0.3 is 5.97 Å². The molecule has 18 heavy (non-hydrogen) atoms. The highest BCUT2D eigenvalue weighted by atomic mass is 16.5. The fraction of sp³-hybridized carbons (Fsp3) is 0.214. The lowest BCUT2D eigenvalue weighted by atomic mass is 10.0. The highest BCUT2D eigenvalue weighted by molar-refractivity contribution is 5.98. The van der Waals surface area contributed by atoms with E-state index in [-0.39, 0.29) is 5.97 Å².